The summed E-state index contributed by atoms with van der Waals surface area (Å²) in [5.41, 5.74) is 1.58. The monoisotopic (exact) mass is 487 g/mol. The maximum Gasteiger partial charge on any atom is 0.263 e. The van der Waals surface area contributed by atoms with Gasteiger partial charge in [-0.2, -0.15) is 0 Å². The largest absolute Gasteiger partial charge is 0.376 e. The van der Waals surface area contributed by atoms with Crippen molar-refractivity contribution >= 4 is 39.2 Å². The van der Waals surface area contributed by atoms with Gasteiger partial charge in [0.1, 0.15) is 10.6 Å². The van der Waals surface area contributed by atoms with Gasteiger partial charge in [-0.1, -0.05) is 30.0 Å². The lowest BCUT2D eigenvalue weighted by atomic mass is 9.97. The van der Waals surface area contributed by atoms with Crippen LogP contribution in [-0.2, 0) is 35.5 Å². The number of nitrogens with one attached hydrogen (secondary N) is 1. The van der Waals surface area contributed by atoms with Crippen LogP contribution in [0.1, 0.15) is 41.7 Å². The van der Waals surface area contributed by atoms with Crippen molar-refractivity contribution in [2.75, 3.05) is 12.4 Å². The van der Waals surface area contributed by atoms with Gasteiger partial charge >= 0.3 is 0 Å². The van der Waals surface area contributed by atoms with E-state index in [0.29, 0.717) is 23.9 Å². The van der Waals surface area contributed by atoms with Crippen molar-refractivity contribution in [3.63, 3.8) is 0 Å². The lowest BCUT2D eigenvalue weighted by molar-refractivity contribution is -0.118. The van der Waals surface area contributed by atoms with Crippen molar-refractivity contribution in [2.24, 2.45) is 0 Å². The number of carbonyl (C=O) groups excluding carboxylic acids is 1. The van der Waals surface area contributed by atoms with Crippen LogP contribution in [0.5, 0.6) is 0 Å². The molecule has 1 N–H and O–H groups in total. The summed E-state index contributed by atoms with van der Waals surface area (Å²) in [7, 11) is 0. The topological polar surface area (TPSA) is 73.2 Å². The number of hydrogen-bond acceptors (Lipinski definition) is 6. The Bertz CT molecular complexity index is 1230. The van der Waals surface area contributed by atoms with Crippen molar-refractivity contribution in [1.29, 1.82) is 0 Å². The highest BCUT2D eigenvalue weighted by Gasteiger charge is 2.25. The van der Waals surface area contributed by atoms with Crippen molar-refractivity contribution < 1.29 is 13.9 Å². The van der Waals surface area contributed by atoms with E-state index in [1.807, 2.05) is 0 Å². The summed E-state index contributed by atoms with van der Waals surface area (Å²) in [4.78, 5) is 32.9. The fourth-order valence-electron chi connectivity index (χ4n) is 4.50. The number of thiophene rings is 1. The Morgan fingerprint density at radius 2 is 2.12 bits per heavy atom. The molecule has 0 spiro atoms. The number of nitrogens with zero attached hydrogens (tertiary/aromatic N) is 2. The summed E-state index contributed by atoms with van der Waals surface area (Å²) in [5, 5.41) is 4.05. The lowest BCUT2D eigenvalue weighted by Gasteiger charge is -2.16. The van der Waals surface area contributed by atoms with Gasteiger partial charge in [0.15, 0.2) is 5.16 Å². The maximum absolute atomic E-state index is 13.8. The summed E-state index contributed by atoms with van der Waals surface area (Å²) in [6.07, 6.45) is 6.07. The van der Waals surface area contributed by atoms with Gasteiger partial charge in [0.25, 0.3) is 5.56 Å². The van der Waals surface area contributed by atoms with E-state index >= 15 is 0 Å². The summed E-state index contributed by atoms with van der Waals surface area (Å²) in [5.74, 6) is -0.473. The molecule has 1 fully saturated rings. The average Bonchev–Trinajstić information content (AvgIpc) is 3.46. The van der Waals surface area contributed by atoms with Crippen LogP contribution in [0.3, 0.4) is 0 Å². The van der Waals surface area contributed by atoms with Crippen molar-refractivity contribution in [3.8, 4) is 0 Å². The van der Waals surface area contributed by atoms with Crippen molar-refractivity contribution in [1.82, 2.24) is 14.9 Å². The fraction of sp³-hybridized carbons (Fsp3) is 0.458. The molecule has 2 aliphatic rings. The van der Waals surface area contributed by atoms with Crippen LogP contribution >= 0.6 is 23.1 Å². The smallest absolute Gasteiger partial charge is 0.263 e. The zero-order valence-electron chi connectivity index (χ0n) is 18.3. The molecule has 0 bridgehead atoms. The predicted molar refractivity (Wildman–Crippen MR) is 128 cm³/mol. The lowest BCUT2D eigenvalue weighted by Crippen LogP contribution is -2.30. The maximum atomic E-state index is 13.8. The number of amides is 1. The summed E-state index contributed by atoms with van der Waals surface area (Å²) in [6, 6.07) is 6.38. The van der Waals surface area contributed by atoms with Crippen LogP contribution in [0.2, 0.25) is 0 Å². The average molecular weight is 488 g/mol. The first-order valence-electron chi connectivity index (χ1n) is 11.4. The summed E-state index contributed by atoms with van der Waals surface area (Å²) < 4.78 is 21.3. The molecule has 2 aromatic heterocycles. The molecule has 33 heavy (non-hydrogen) atoms. The molecule has 3 heterocycles. The molecule has 1 saturated heterocycles. The molecule has 6 nitrogen and oxygen atoms in total. The third-order valence-electron chi connectivity index (χ3n) is 6.22. The third-order valence-corrected chi connectivity index (χ3v) is 8.38. The Hall–Kier alpha value is -2.23. The molecule has 1 aromatic carbocycles. The van der Waals surface area contributed by atoms with E-state index in [-0.39, 0.29) is 35.7 Å². The number of thioether (sulfide) groups is 1. The van der Waals surface area contributed by atoms with Crippen molar-refractivity contribution in [2.45, 2.75) is 62.9 Å². The van der Waals surface area contributed by atoms with Crippen LogP contribution in [0.25, 0.3) is 10.2 Å². The number of aryl methyl sites for hydroxylation is 2. The molecule has 1 unspecified atom stereocenters. The Morgan fingerprint density at radius 3 is 2.94 bits per heavy atom. The van der Waals surface area contributed by atoms with Gasteiger partial charge < -0.3 is 10.1 Å². The SMILES string of the molecule is O=C(CSc1nc2sc3c(c2c(=O)n1CC1CCCO1)CCCC3)NCc1ccccc1F. The van der Waals surface area contributed by atoms with E-state index in [1.54, 1.807) is 34.1 Å². The second kappa shape index (κ2) is 9.95. The Balaban J connectivity index is 1.38. The number of halogens is 1. The molecule has 1 aliphatic heterocycles. The van der Waals surface area contributed by atoms with E-state index in [2.05, 4.69) is 5.32 Å². The third kappa shape index (κ3) is 4.85. The Kier molecular flexibility index (Phi) is 6.80. The molecule has 1 aliphatic carbocycles. The summed E-state index contributed by atoms with van der Waals surface area (Å²) in [6.45, 7) is 1.29. The second-order valence-electron chi connectivity index (χ2n) is 8.49. The molecular weight excluding hydrogens is 461 g/mol. The summed E-state index contributed by atoms with van der Waals surface area (Å²) >= 11 is 2.86. The predicted octanol–water partition coefficient (Wildman–Crippen LogP) is 4.06. The molecule has 174 valence electrons. The molecule has 0 saturated carbocycles. The van der Waals surface area contributed by atoms with Gasteiger partial charge in [0, 0.05) is 23.6 Å². The Morgan fingerprint density at radius 1 is 1.27 bits per heavy atom. The van der Waals surface area contributed by atoms with Crippen molar-refractivity contribution in [3.05, 3.63) is 56.4 Å². The normalized spacial score (nSPS) is 17.9. The highest BCUT2D eigenvalue weighted by molar-refractivity contribution is 7.99. The van der Waals surface area contributed by atoms with E-state index in [0.717, 1.165) is 48.7 Å². The van der Waals surface area contributed by atoms with Crippen LogP contribution < -0.4 is 10.9 Å². The first-order chi connectivity index (χ1) is 16.1. The minimum absolute atomic E-state index is 0.00866. The van der Waals surface area contributed by atoms with E-state index in [1.165, 1.54) is 28.3 Å². The van der Waals surface area contributed by atoms with Crippen LogP contribution in [0.4, 0.5) is 4.39 Å². The first kappa shape index (κ1) is 22.6. The van der Waals surface area contributed by atoms with Gasteiger partial charge in [-0.3, -0.25) is 14.2 Å². The highest BCUT2D eigenvalue weighted by atomic mass is 32.2. The highest BCUT2D eigenvalue weighted by Crippen LogP contribution is 2.35. The van der Waals surface area contributed by atoms with E-state index < -0.39 is 0 Å². The minimum Gasteiger partial charge on any atom is -0.376 e. The van der Waals surface area contributed by atoms with Crippen LogP contribution in [0.15, 0.2) is 34.2 Å². The van der Waals surface area contributed by atoms with E-state index in [9.17, 15) is 14.0 Å². The number of rotatable bonds is 7. The van der Waals surface area contributed by atoms with Gasteiger partial charge in [-0.15, -0.1) is 11.3 Å². The van der Waals surface area contributed by atoms with Crippen LogP contribution in [-0.4, -0.2) is 33.9 Å². The quantitative estimate of drug-likeness (QED) is 0.402. The molecule has 0 radical (unpaired) electrons. The number of fused-ring (bicyclic) bond motifs is 3. The number of ether oxygens (including phenoxy) is 1. The fourth-order valence-corrected chi connectivity index (χ4v) is 6.64. The molecular formula is C24H26FN3O3S2. The van der Waals surface area contributed by atoms with Gasteiger partial charge in [-0.05, 0) is 50.2 Å². The second-order valence-corrected chi connectivity index (χ2v) is 10.5. The minimum atomic E-state index is -0.343. The molecule has 1 atom stereocenters. The standard InChI is InChI=1S/C24H26FN3O3S2/c25-18-9-3-1-6-15(18)12-26-20(29)14-32-24-27-22-21(17-8-2-4-10-19(17)33-22)23(30)28(24)13-16-7-5-11-31-16/h1,3,6,9,16H,2,4-5,7-8,10-14H2,(H,26,29). The molecule has 3 aromatic rings. The number of hydrogen-bond donors (Lipinski definition) is 1. The number of aromatic nitrogens is 2. The number of carbonyl (C=O) groups is 1. The van der Waals surface area contributed by atoms with E-state index in [4.69, 9.17) is 9.72 Å². The zero-order chi connectivity index (χ0) is 22.8. The molecule has 5 rings (SSSR count). The van der Waals surface area contributed by atoms with Gasteiger partial charge in [0.05, 0.1) is 23.8 Å². The van der Waals surface area contributed by atoms with Crippen LogP contribution in [0, 0.1) is 5.82 Å². The number of benzene rings is 1. The molecule has 1 amide bonds. The first-order valence-corrected chi connectivity index (χ1v) is 13.2. The Labute approximate surface area is 199 Å². The van der Waals surface area contributed by atoms with Gasteiger partial charge in [0.2, 0.25) is 5.91 Å². The zero-order valence-corrected chi connectivity index (χ0v) is 19.9. The van der Waals surface area contributed by atoms with Gasteiger partial charge in [-0.25, -0.2) is 9.37 Å². The molecule has 9 heteroatoms.